The molecule has 0 bridgehead atoms. The van der Waals surface area contributed by atoms with E-state index in [-0.39, 0.29) is 0 Å². The Hall–Kier alpha value is -1.02. The zero-order chi connectivity index (χ0) is 9.84. The lowest BCUT2D eigenvalue weighted by Gasteiger charge is -2.09. The second kappa shape index (κ2) is 4.28. The normalized spacial score (nSPS) is 11.4. The molecule has 0 aliphatic rings. The summed E-state index contributed by atoms with van der Waals surface area (Å²) in [6, 6.07) is 5.66. The maximum absolute atomic E-state index is 8.46. The Morgan fingerprint density at radius 2 is 2.15 bits per heavy atom. The molecule has 1 aromatic rings. The molecular weight excluding hydrogens is 186 g/mol. The number of halogens is 1. The van der Waals surface area contributed by atoms with E-state index in [0.29, 0.717) is 10.9 Å². The summed E-state index contributed by atoms with van der Waals surface area (Å²) >= 11 is 5.95. The lowest BCUT2D eigenvalue weighted by atomic mass is 9.98. The first-order valence-electron chi connectivity index (χ1n) is 4.12. The quantitative estimate of drug-likeness (QED) is 0.441. The number of hydrogen-bond donors (Lipinski definition) is 1. The molecule has 1 aromatic carbocycles. The maximum atomic E-state index is 8.46. The number of nitrogens with zero attached hydrogens (tertiary/aromatic N) is 1. The third kappa shape index (κ3) is 2.22. The Morgan fingerprint density at radius 1 is 1.46 bits per heavy atom. The average Bonchev–Trinajstić information content (AvgIpc) is 2.08. The van der Waals surface area contributed by atoms with E-state index in [2.05, 4.69) is 19.0 Å². The van der Waals surface area contributed by atoms with Crippen molar-refractivity contribution in [2.45, 2.75) is 19.8 Å². The summed E-state index contributed by atoms with van der Waals surface area (Å²) in [5, 5.41) is 12.1. The number of rotatable bonds is 2. The molecule has 2 nitrogen and oxygen atoms in total. The molecule has 0 saturated carbocycles. The highest BCUT2D eigenvalue weighted by Gasteiger charge is 2.07. The van der Waals surface area contributed by atoms with Crippen LogP contribution in [-0.4, -0.2) is 11.4 Å². The highest BCUT2D eigenvalue weighted by molar-refractivity contribution is 6.33. The largest absolute Gasteiger partial charge is 0.411 e. The third-order valence-electron chi connectivity index (χ3n) is 1.90. The van der Waals surface area contributed by atoms with Crippen LogP contribution in [0.5, 0.6) is 0 Å². The van der Waals surface area contributed by atoms with Crippen LogP contribution in [0.3, 0.4) is 0 Å². The van der Waals surface area contributed by atoms with E-state index in [0.717, 1.165) is 11.1 Å². The summed E-state index contributed by atoms with van der Waals surface area (Å²) < 4.78 is 0. The van der Waals surface area contributed by atoms with Gasteiger partial charge >= 0.3 is 0 Å². The minimum absolute atomic E-state index is 0.367. The van der Waals surface area contributed by atoms with Gasteiger partial charge in [0.2, 0.25) is 0 Å². The second-order valence-corrected chi connectivity index (χ2v) is 3.55. The van der Waals surface area contributed by atoms with E-state index in [4.69, 9.17) is 16.8 Å². The van der Waals surface area contributed by atoms with Crippen LogP contribution in [0.2, 0.25) is 5.02 Å². The molecular formula is C10H12ClNO. The van der Waals surface area contributed by atoms with Crippen LogP contribution in [-0.2, 0) is 0 Å². The van der Waals surface area contributed by atoms with Gasteiger partial charge in [0.25, 0.3) is 0 Å². The fourth-order valence-electron chi connectivity index (χ4n) is 1.25. The average molecular weight is 198 g/mol. The van der Waals surface area contributed by atoms with Crippen molar-refractivity contribution in [3.8, 4) is 0 Å². The van der Waals surface area contributed by atoms with Gasteiger partial charge in [0.15, 0.2) is 0 Å². The first-order valence-corrected chi connectivity index (χ1v) is 4.50. The van der Waals surface area contributed by atoms with Crippen molar-refractivity contribution in [1.29, 1.82) is 0 Å². The van der Waals surface area contributed by atoms with E-state index < -0.39 is 0 Å². The molecule has 1 rings (SSSR count). The van der Waals surface area contributed by atoms with E-state index in [1.165, 1.54) is 6.21 Å². The van der Waals surface area contributed by atoms with Gasteiger partial charge in [-0.25, -0.2) is 0 Å². The highest BCUT2D eigenvalue weighted by atomic mass is 35.5. The molecule has 13 heavy (non-hydrogen) atoms. The van der Waals surface area contributed by atoms with E-state index >= 15 is 0 Å². The Balaban J connectivity index is 3.25. The van der Waals surface area contributed by atoms with Crippen LogP contribution < -0.4 is 0 Å². The summed E-state index contributed by atoms with van der Waals surface area (Å²) in [6.07, 6.45) is 1.37. The predicted octanol–water partition coefficient (Wildman–Crippen LogP) is 3.27. The van der Waals surface area contributed by atoms with Crippen molar-refractivity contribution >= 4 is 17.8 Å². The monoisotopic (exact) mass is 197 g/mol. The highest BCUT2D eigenvalue weighted by Crippen LogP contribution is 2.24. The second-order valence-electron chi connectivity index (χ2n) is 3.14. The number of oxime groups is 1. The van der Waals surface area contributed by atoms with Crippen LogP contribution >= 0.6 is 11.6 Å². The van der Waals surface area contributed by atoms with Gasteiger partial charge in [0.05, 0.1) is 6.21 Å². The fourth-order valence-corrected chi connectivity index (χ4v) is 1.48. The molecule has 0 saturated heterocycles. The minimum atomic E-state index is 0.367. The summed E-state index contributed by atoms with van der Waals surface area (Å²) in [7, 11) is 0. The third-order valence-corrected chi connectivity index (χ3v) is 2.23. The van der Waals surface area contributed by atoms with E-state index in [1.54, 1.807) is 6.07 Å². The molecule has 0 radical (unpaired) electrons. The van der Waals surface area contributed by atoms with Crippen molar-refractivity contribution in [3.63, 3.8) is 0 Å². The smallest absolute Gasteiger partial charge is 0.0751 e. The Bertz CT molecular complexity index is 321. The van der Waals surface area contributed by atoms with Crippen LogP contribution in [0.4, 0.5) is 0 Å². The van der Waals surface area contributed by atoms with Gasteiger partial charge in [-0.05, 0) is 17.5 Å². The van der Waals surface area contributed by atoms with Gasteiger partial charge in [0.1, 0.15) is 0 Å². The molecule has 0 unspecified atom stereocenters. The Kier molecular flexibility index (Phi) is 3.32. The van der Waals surface area contributed by atoms with Crippen LogP contribution in [0.1, 0.15) is 30.9 Å². The van der Waals surface area contributed by atoms with Crippen molar-refractivity contribution in [1.82, 2.24) is 0 Å². The van der Waals surface area contributed by atoms with Crippen LogP contribution in [0.25, 0.3) is 0 Å². The molecule has 0 spiro atoms. The molecule has 0 aromatic heterocycles. The van der Waals surface area contributed by atoms with Gasteiger partial charge < -0.3 is 5.21 Å². The van der Waals surface area contributed by atoms with Gasteiger partial charge in [-0.2, -0.15) is 0 Å². The molecule has 0 aliphatic heterocycles. The topological polar surface area (TPSA) is 32.6 Å². The molecule has 0 aliphatic carbocycles. The van der Waals surface area contributed by atoms with Crippen LogP contribution in [0, 0.1) is 0 Å². The molecule has 1 N–H and O–H groups in total. The molecule has 0 heterocycles. The zero-order valence-electron chi connectivity index (χ0n) is 7.66. The van der Waals surface area contributed by atoms with Crippen molar-refractivity contribution in [3.05, 3.63) is 34.3 Å². The SMILES string of the molecule is CC(C)c1cccc(Cl)c1/C=N/O. The van der Waals surface area contributed by atoms with Crippen LogP contribution in [0.15, 0.2) is 23.4 Å². The first kappa shape index (κ1) is 10.1. The number of benzene rings is 1. The maximum Gasteiger partial charge on any atom is 0.0751 e. The molecule has 0 amide bonds. The standard InChI is InChI=1S/C10H12ClNO/c1-7(2)8-4-3-5-10(11)9(8)6-12-13/h3-7,13H,1-2H3/b12-6+. The van der Waals surface area contributed by atoms with Gasteiger partial charge in [0, 0.05) is 10.6 Å². The zero-order valence-corrected chi connectivity index (χ0v) is 8.42. The lowest BCUT2D eigenvalue weighted by molar-refractivity contribution is 0.322. The summed E-state index contributed by atoms with van der Waals surface area (Å²) in [6.45, 7) is 4.14. The lowest BCUT2D eigenvalue weighted by Crippen LogP contribution is -1.96. The predicted molar refractivity (Wildman–Crippen MR) is 54.9 cm³/mol. The summed E-state index contributed by atoms with van der Waals surface area (Å²) in [5.41, 5.74) is 1.88. The Labute approximate surface area is 82.8 Å². The minimum Gasteiger partial charge on any atom is -0.411 e. The number of hydrogen-bond acceptors (Lipinski definition) is 2. The van der Waals surface area contributed by atoms with Crippen molar-refractivity contribution in [2.75, 3.05) is 0 Å². The molecule has 70 valence electrons. The Morgan fingerprint density at radius 3 is 2.69 bits per heavy atom. The summed E-state index contributed by atoms with van der Waals surface area (Å²) in [5.74, 6) is 0.367. The van der Waals surface area contributed by atoms with Crippen molar-refractivity contribution in [2.24, 2.45) is 5.16 Å². The van der Waals surface area contributed by atoms with E-state index in [9.17, 15) is 0 Å². The molecule has 0 fully saturated rings. The fraction of sp³-hybridized carbons (Fsp3) is 0.300. The van der Waals surface area contributed by atoms with E-state index in [1.807, 2.05) is 12.1 Å². The molecule has 0 atom stereocenters. The van der Waals surface area contributed by atoms with Gasteiger partial charge in [-0.1, -0.05) is 42.7 Å². The van der Waals surface area contributed by atoms with Gasteiger partial charge in [-0.3, -0.25) is 0 Å². The van der Waals surface area contributed by atoms with Gasteiger partial charge in [-0.15, -0.1) is 0 Å². The molecule has 3 heteroatoms. The van der Waals surface area contributed by atoms with Crippen molar-refractivity contribution < 1.29 is 5.21 Å². The first-order chi connectivity index (χ1) is 6.16. The summed E-state index contributed by atoms with van der Waals surface area (Å²) in [4.78, 5) is 0.